The lowest BCUT2D eigenvalue weighted by molar-refractivity contribution is -0.384. The highest BCUT2D eigenvalue weighted by Crippen LogP contribution is 2.44. The summed E-state index contributed by atoms with van der Waals surface area (Å²) >= 11 is 6.10. The normalized spacial score (nSPS) is 17.0. The van der Waals surface area contributed by atoms with E-state index in [0.717, 1.165) is 42.7 Å². The molecule has 1 aliphatic carbocycles. The maximum atomic E-state index is 12.7. The van der Waals surface area contributed by atoms with Crippen molar-refractivity contribution in [3.05, 3.63) is 62.7 Å². The minimum absolute atomic E-state index is 0.0662. The highest BCUT2D eigenvalue weighted by molar-refractivity contribution is 6.34. The number of rotatable bonds is 5. The van der Waals surface area contributed by atoms with Crippen LogP contribution in [0, 0.1) is 10.1 Å². The van der Waals surface area contributed by atoms with Gasteiger partial charge < -0.3 is 14.8 Å². The van der Waals surface area contributed by atoms with E-state index in [2.05, 4.69) is 5.32 Å². The number of amides is 1. The Morgan fingerprint density at radius 3 is 2.52 bits per heavy atom. The highest BCUT2D eigenvalue weighted by Gasteiger charge is 2.37. The smallest absolute Gasteiger partial charge is 0.270 e. The molecule has 0 bridgehead atoms. The van der Waals surface area contributed by atoms with Gasteiger partial charge in [-0.25, -0.2) is 0 Å². The lowest BCUT2D eigenvalue weighted by atomic mass is 9.78. The molecule has 0 atom stereocenters. The molecule has 0 unspecified atom stereocenters. The first-order valence-electron chi connectivity index (χ1n) is 9.61. The number of fused-ring (bicyclic) bond motifs is 1. The number of nitro groups is 1. The van der Waals surface area contributed by atoms with E-state index in [0.29, 0.717) is 19.8 Å². The Hall–Kier alpha value is -2.80. The van der Waals surface area contributed by atoms with Gasteiger partial charge in [0.1, 0.15) is 13.2 Å². The lowest BCUT2D eigenvalue weighted by Gasteiger charge is -2.31. The molecule has 7 nitrogen and oxygen atoms in total. The third-order valence-electron chi connectivity index (χ3n) is 5.71. The molecule has 1 heterocycles. The molecule has 1 N–H and O–H groups in total. The van der Waals surface area contributed by atoms with Crippen molar-refractivity contribution in [2.24, 2.45) is 0 Å². The molecule has 0 aromatic heterocycles. The van der Waals surface area contributed by atoms with Crippen LogP contribution in [0.3, 0.4) is 0 Å². The Bertz CT molecular complexity index is 956. The summed E-state index contributed by atoms with van der Waals surface area (Å²) in [7, 11) is 0. The molecule has 0 saturated heterocycles. The predicted molar refractivity (Wildman–Crippen MR) is 108 cm³/mol. The van der Waals surface area contributed by atoms with Gasteiger partial charge in [0.05, 0.1) is 15.5 Å². The Morgan fingerprint density at radius 2 is 1.83 bits per heavy atom. The fourth-order valence-corrected chi connectivity index (χ4v) is 4.40. The van der Waals surface area contributed by atoms with Crippen molar-refractivity contribution in [3.63, 3.8) is 0 Å². The zero-order valence-electron chi connectivity index (χ0n) is 15.8. The summed E-state index contributed by atoms with van der Waals surface area (Å²) < 4.78 is 11.3. The minimum atomic E-state index is -0.539. The van der Waals surface area contributed by atoms with Gasteiger partial charge >= 0.3 is 0 Å². The number of nitro benzene ring substituents is 1. The summed E-state index contributed by atoms with van der Waals surface area (Å²) in [6, 6.07) is 9.87. The van der Waals surface area contributed by atoms with E-state index in [9.17, 15) is 14.9 Å². The number of non-ortho nitro benzene ring substituents is 1. The maximum Gasteiger partial charge on any atom is 0.270 e. The van der Waals surface area contributed by atoms with Crippen LogP contribution in [0.1, 0.15) is 41.6 Å². The quantitative estimate of drug-likeness (QED) is 0.580. The van der Waals surface area contributed by atoms with Crippen LogP contribution in [0.25, 0.3) is 0 Å². The second-order valence-corrected chi connectivity index (χ2v) is 7.86. The topological polar surface area (TPSA) is 90.7 Å². The third-order valence-corrected chi connectivity index (χ3v) is 6.02. The van der Waals surface area contributed by atoms with Gasteiger partial charge in [0, 0.05) is 24.1 Å². The Labute approximate surface area is 173 Å². The van der Waals surface area contributed by atoms with Crippen LogP contribution in [0.4, 0.5) is 5.69 Å². The van der Waals surface area contributed by atoms with Gasteiger partial charge in [-0.3, -0.25) is 14.9 Å². The molecule has 2 aromatic rings. The molecular weight excluding hydrogens is 396 g/mol. The predicted octanol–water partition coefficient (Wildman–Crippen LogP) is 4.26. The second kappa shape index (κ2) is 7.91. The third kappa shape index (κ3) is 3.87. The summed E-state index contributed by atoms with van der Waals surface area (Å²) in [4.78, 5) is 23.0. The summed E-state index contributed by atoms with van der Waals surface area (Å²) in [5.41, 5.74) is 1.02. The van der Waals surface area contributed by atoms with E-state index in [4.69, 9.17) is 21.1 Å². The van der Waals surface area contributed by atoms with Gasteiger partial charge in [-0.1, -0.05) is 30.5 Å². The molecule has 0 spiro atoms. The van der Waals surface area contributed by atoms with E-state index in [1.807, 2.05) is 18.2 Å². The van der Waals surface area contributed by atoms with Crippen LogP contribution in [0.15, 0.2) is 36.4 Å². The van der Waals surface area contributed by atoms with Crippen molar-refractivity contribution in [1.29, 1.82) is 0 Å². The summed E-state index contributed by atoms with van der Waals surface area (Å²) in [5, 5.41) is 13.9. The van der Waals surface area contributed by atoms with Crippen molar-refractivity contribution in [2.45, 2.75) is 31.1 Å². The highest BCUT2D eigenvalue weighted by atomic mass is 35.5. The number of carbonyl (C=O) groups excluding carboxylic acids is 1. The van der Waals surface area contributed by atoms with Crippen LogP contribution in [-0.2, 0) is 5.41 Å². The average Bonchev–Trinajstić information content (AvgIpc) is 3.21. The first-order valence-corrected chi connectivity index (χ1v) is 9.99. The Morgan fingerprint density at radius 1 is 1.10 bits per heavy atom. The van der Waals surface area contributed by atoms with Crippen molar-refractivity contribution < 1.29 is 19.2 Å². The monoisotopic (exact) mass is 416 g/mol. The van der Waals surface area contributed by atoms with Crippen molar-refractivity contribution in [2.75, 3.05) is 19.8 Å². The van der Waals surface area contributed by atoms with E-state index in [1.54, 1.807) is 0 Å². The molecule has 2 aromatic carbocycles. The fraction of sp³-hybridized carbons (Fsp3) is 0.381. The zero-order valence-corrected chi connectivity index (χ0v) is 16.5. The van der Waals surface area contributed by atoms with Gasteiger partial charge in [-0.15, -0.1) is 0 Å². The number of nitrogens with one attached hydrogen (secondary N) is 1. The Kier molecular flexibility index (Phi) is 5.32. The van der Waals surface area contributed by atoms with E-state index in [1.165, 1.54) is 18.2 Å². The molecule has 0 radical (unpaired) electrons. The molecule has 1 amide bonds. The van der Waals surface area contributed by atoms with E-state index in [-0.39, 0.29) is 27.6 Å². The lowest BCUT2D eigenvalue weighted by Crippen LogP contribution is -2.39. The largest absolute Gasteiger partial charge is 0.486 e. The van der Waals surface area contributed by atoms with Crippen LogP contribution in [0.5, 0.6) is 11.5 Å². The molecule has 152 valence electrons. The first kappa shape index (κ1) is 19.5. The number of carbonyl (C=O) groups is 1. The number of ether oxygens (including phenoxy) is 2. The van der Waals surface area contributed by atoms with Gasteiger partial charge in [0.25, 0.3) is 11.6 Å². The Balaban J connectivity index is 1.53. The van der Waals surface area contributed by atoms with E-state index >= 15 is 0 Å². The standard InChI is InChI=1S/C21H21ClN2O5/c22-17-12-15(24(26)27)4-5-16(17)20(25)23-13-21(7-1-2-8-21)14-3-6-18-19(11-14)29-10-9-28-18/h3-6,11-12H,1-2,7-10,13H2,(H,23,25). The van der Waals surface area contributed by atoms with Crippen molar-refractivity contribution in [3.8, 4) is 11.5 Å². The molecule has 1 saturated carbocycles. The minimum Gasteiger partial charge on any atom is -0.486 e. The zero-order chi connectivity index (χ0) is 20.4. The average molecular weight is 417 g/mol. The van der Waals surface area contributed by atoms with Crippen LogP contribution in [0.2, 0.25) is 5.02 Å². The molecule has 8 heteroatoms. The number of halogens is 1. The molecule has 4 rings (SSSR count). The summed E-state index contributed by atoms with van der Waals surface area (Å²) in [6.45, 7) is 1.53. The van der Waals surface area contributed by atoms with Crippen molar-refractivity contribution >= 4 is 23.2 Å². The van der Waals surface area contributed by atoms with Gasteiger partial charge in [-0.2, -0.15) is 0 Å². The molecule has 1 fully saturated rings. The SMILES string of the molecule is O=C(NCC1(c2ccc3c(c2)OCCO3)CCCC1)c1ccc([N+](=O)[O-])cc1Cl. The van der Waals surface area contributed by atoms with Crippen LogP contribution < -0.4 is 14.8 Å². The summed E-state index contributed by atoms with van der Waals surface area (Å²) in [6.07, 6.45) is 4.09. The van der Waals surface area contributed by atoms with Crippen LogP contribution in [-0.4, -0.2) is 30.6 Å². The first-order chi connectivity index (χ1) is 14.0. The molecule has 2 aliphatic rings. The molecule has 29 heavy (non-hydrogen) atoms. The second-order valence-electron chi connectivity index (χ2n) is 7.45. The summed E-state index contributed by atoms with van der Waals surface area (Å²) in [5.74, 6) is 1.15. The number of benzene rings is 2. The van der Waals surface area contributed by atoms with Gasteiger partial charge in [0.2, 0.25) is 0 Å². The number of nitrogens with zero attached hydrogens (tertiary/aromatic N) is 1. The fourth-order valence-electron chi connectivity index (χ4n) is 4.14. The number of hydrogen-bond acceptors (Lipinski definition) is 5. The molecular formula is C21H21ClN2O5. The number of hydrogen-bond donors (Lipinski definition) is 1. The van der Waals surface area contributed by atoms with Gasteiger partial charge in [0.15, 0.2) is 11.5 Å². The molecule has 1 aliphatic heterocycles. The van der Waals surface area contributed by atoms with Crippen LogP contribution >= 0.6 is 11.6 Å². The van der Waals surface area contributed by atoms with Crippen molar-refractivity contribution in [1.82, 2.24) is 5.32 Å². The van der Waals surface area contributed by atoms with Gasteiger partial charge in [-0.05, 0) is 36.6 Å². The maximum absolute atomic E-state index is 12.7. The van der Waals surface area contributed by atoms with E-state index < -0.39 is 4.92 Å².